The molecule has 11 heteroatoms. The molecular formula is C28H32ClF2N5O3. The van der Waals surface area contributed by atoms with Crippen molar-refractivity contribution in [2.75, 3.05) is 31.1 Å². The number of anilines is 1. The first kappa shape index (κ1) is 27.3. The van der Waals surface area contributed by atoms with Gasteiger partial charge in [0.1, 0.15) is 22.5 Å². The lowest BCUT2D eigenvalue weighted by Crippen LogP contribution is -2.34. The molecule has 3 aromatic rings. The fraction of sp³-hybridized carbons (Fsp3) is 0.500. The molecule has 2 aliphatic rings. The largest absolute Gasteiger partial charge is 0.466 e. The summed E-state index contributed by atoms with van der Waals surface area (Å²) in [6, 6.07) is 5.74. The highest BCUT2D eigenvalue weighted by atomic mass is 35.5. The van der Waals surface area contributed by atoms with Gasteiger partial charge in [0.05, 0.1) is 12.3 Å². The normalized spacial score (nSPS) is 20.0. The van der Waals surface area contributed by atoms with Crippen LogP contribution in [0, 0.1) is 29.4 Å². The average Bonchev–Trinajstić information content (AvgIpc) is 3.24. The number of benzene rings is 1. The van der Waals surface area contributed by atoms with Crippen LogP contribution >= 0.6 is 11.6 Å². The highest BCUT2D eigenvalue weighted by molar-refractivity contribution is 6.31. The van der Waals surface area contributed by atoms with E-state index in [1.165, 1.54) is 0 Å². The summed E-state index contributed by atoms with van der Waals surface area (Å²) in [5.41, 5.74) is 1.22. The number of hydrogen-bond donors (Lipinski definition) is 0. The summed E-state index contributed by atoms with van der Waals surface area (Å²) in [4.78, 5) is 33.8. The van der Waals surface area contributed by atoms with Crippen molar-refractivity contribution in [3.8, 4) is 11.3 Å². The molecule has 0 radical (unpaired) electrons. The van der Waals surface area contributed by atoms with Gasteiger partial charge in [0.2, 0.25) is 0 Å². The summed E-state index contributed by atoms with van der Waals surface area (Å²) in [7, 11) is 0. The van der Waals surface area contributed by atoms with Crippen LogP contribution in [0.25, 0.3) is 16.9 Å². The van der Waals surface area contributed by atoms with Gasteiger partial charge in [-0.15, -0.1) is 0 Å². The van der Waals surface area contributed by atoms with Gasteiger partial charge < -0.3 is 14.5 Å². The minimum atomic E-state index is -0.873. The first-order valence-electron chi connectivity index (χ1n) is 13.4. The van der Waals surface area contributed by atoms with E-state index in [0.29, 0.717) is 61.7 Å². The standard InChI is InChI=1S/C28H32ClF2N5O3/c1-5-7-35(15(3)4)25-12-22(16-8-20(30)27(29)21(31)9-16)32-24-11-23(33-36(24)25)28(38)34-13-18-17(19(18)14-34)10-26(37)39-6-2/h8-9,11-12,15,17-19H,5-7,10,13-14H2,1-4H3/t17-,18-,19?/m1/s1. The van der Waals surface area contributed by atoms with Crippen LogP contribution in [0.1, 0.15) is 51.0 Å². The number of hydrogen-bond acceptors (Lipinski definition) is 6. The Balaban J connectivity index is 1.46. The van der Waals surface area contributed by atoms with E-state index >= 15 is 0 Å². The van der Waals surface area contributed by atoms with E-state index in [1.807, 2.05) is 13.8 Å². The van der Waals surface area contributed by atoms with Crippen molar-refractivity contribution >= 4 is 34.9 Å². The molecule has 39 heavy (non-hydrogen) atoms. The van der Waals surface area contributed by atoms with Gasteiger partial charge in [-0.2, -0.15) is 9.61 Å². The lowest BCUT2D eigenvalue weighted by molar-refractivity contribution is -0.143. The first-order valence-corrected chi connectivity index (χ1v) is 13.8. The van der Waals surface area contributed by atoms with E-state index in [9.17, 15) is 18.4 Å². The molecule has 1 saturated heterocycles. The smallest absolute Gasteiger partial charge is 0.306 e. The Morgan fingerprint density at radius 3 is 2.38 bits per heavy atom. The Labute approximate surface area is 230 Å². The Kier molecular flexibility index (Phi) is 7.50. The zero-order valence-electron chi connectivity index (χ0n) is 22.5. The number of esters is 1. The maximum absolute atomic E-state index is 14.3. The summed E-state index contributed by atoms with van der Waals surface area (Å²) in [6.45, 7) is 10.2. The third-order valence-corrected chi connectivity index (χ3v) is 8.02. The molecule has 0 N–H and O–H groups in total. The number of carbonyl (C=O) groups is 2. The van der Waals surface area contributed by atoms with Crippen molar-refractivity contribution in [1.82, 2.24) is 19.5 Å². The van der Waals surface area contributed by atoms with Crippen molar-refractivity contribution in [2.45, 2.75) is 46.6 Å². The summed E-state index contributed by atoms with van der Waals surface area (Å²) in [5.74, 6) is -0.612. The highest BCUT2D eigenvalue weighted by Gasteiger charge is 2.57. The van der Waals surface area contributed by atoms with Gasteiger partial charge in [-0.05, 0) is 57.1 Å². The maximum atomic E-state index is 14.3. The van der Waals surface area contributed by atoms with Crippen molar-refractivity contribution in [2.24, 2.45) is 17.8 Å². The molecule has 1 saturated carbocycles. The number of aromatic nitrogens is 3. The van der Waals surface area contributed by atoms with Crippen LogP contribution in [0.15, 0.2) is 24.3 Å². The second-order valence-electron chi connectivity index (χ2n) is 10.6. The number of halogens is 3. The monoisotopic (exact) mass is 559 g/mol. The average molecular weight is 560 g/mol. The Morgan fingerprint density at radius 2 is 1.79 bits per heavy atom. The molecule has 1 aromatic carbocycles. The zero-order valence-corrected chi connectivity index (χ0v) is 23.2. The number of nitrogens with zero attached hydrogens (tertiary/aromatic N) is 5. The third-order valence-electron chi connectivity index (χ3n) is 7.66. The fourth-order valence-electron chi connectivity index (χ4n) is 5.69. The van der Waals surface area contributed by atoms with E-state index in [4.69, 9.17) is 16.3 Å². The number of amides is 1. The SMILES string of the molecule is CCCN(c1cc(-c2cc(F)c(Cl)c(F)c2)nc2cc(C(=O)N3CC4[C@H](CC(=O)OCC)[C@H]4C3)nn12)C(C)C. The van der Waals surface area contributed by atoms with Crippen LogP contribution < -0.4 is 4.90 Å². The molecule has 1 unspecified atom stereocenters. The lowest BCUT2D eigenvalue weighted by atomic mass is 10.1. The molecule has 3 atom stereocenters. The predicted molar refractivity (Wildman–Crippen MR) is 144 cm³/mol. The lowest BCUT2D eigenvalue weighted by Gasteiger charge is -2.29. The fourth-order valence-corrected chi connectivity index (χ4v) is 5.80. The van der Waals surface area contributed by atoms with Crippen LogP contribution in [0.2, 0.25) is 5.02 Å². The summed E-state index contributed by atoms with van der Waals surface area (Å²) in [5, 5.41) is 4.07. The topological polar surface area (TPSA) is 80.0 Å². The molecule has 5 rings (SSSR count). The second kappa shape index (κ2) is 10.7. The van der Waals surface area contributed by atoms with Gasteiger partial charge in [0.15, 0.2) is 11.3 Å². The summed E-state index contributed by atoms with van der Waals surface area (Å²) in [6.07, 6.45) is 1.25. The Bertz CT molecular complexity index is 1390. The Hall–Kier alpha value is -3.27. The van der Waals surface area contributed by atoms with E-state index in [2.05, 4.69) is 21.9 Å². The van der Waals surface area contributed by atoms with E-state index in [-0.39, 0.29) is 35.1 Å². The minimum absolute atomic E-state index is 0.0902. The number of likely N-dealkylation sites (tertiary alicyclic amines) is 1. The van der Waals surface area contributed by atoms with Gasteiger partial charge in [-0.3, -0.25) is 9.59 Å². The molecule has 208 valence electrons. The molecule has 1 aliphatic heterocycles. The third kappa shape index (κ3) is 5.18. The molecule has 8 nitrogen and oxygen atoms in total. The summed E-state index contributed by atoms with van der Waals surface area (Å²) >= 11 is 5.70. The molecule has 2 aromatic heterocycles. The van der Waals surface area contributed by atoms with Crippen molar-refractivity contribution in [3.63, 3.8) is 0 Å². The molecule has 3 heterocycles. The van der Waals surface area contributed by atoms with Crippen molar-refractivity contribution in [3.05, 3.63) is 46.6 Å². The molecule has 2 fully saturated rings. The Morgan fingerprint density at radius 1 is 1.13 bits per heavy atom. The molecule has 1 aliphatic carbocycles. The van der Waals surface area contributed by atoms with Crippen LogP contribution in [0.5, 0.6) is 0 Å². The van der Waals surface area contributed by atoms with Crippen LogP contribution in [0.4, 0.5) is 14.6 Å². The molecule has 0 spiro atoms. The van der Waals surface area contributed by atoms with Gasteiger partial charge in [-0.1, -0.05) is 18.5 Å². The van der Waals surface area contributed by atoms with Crippen LogP contribution in [-0.2, 0) is 9.53 Å². The van der Waals surface area contributed by atoms with Crippen LogP contribution in [-0.4, -0.2) is 63.7 Å². The maximum Gasteiger partial charge on any atom is 0.306 e. The quantitative estimate of drug-likeness (QED) is 0.264. The molecular weight excluding hydrogens is 528 g/mol. The first-order chi connectivity index (χ1) is 18.6. The molecule has 0 bridgehead atoms. The van der Waals surface area contributed by atoms with Gasteiger partial charge in [0.25, 0.3) is 5.91 Å². The number of rotatable bonds is 9. The zero-order chi connectivity index (χ0) is 28.0. The molecule has 1 amide bonds. The summed E-state index contributed by atoms with van der Waals surface area (Å²) < 4.78 is 35.3. The minimum Gasteiger partial charge on any atom is -0.466 e. The number of fused-ring (bicyclic) bond motifs is 2. The van der Waals surface area contributed by atoms with Gasteiger partial charge in [0, 0.05) is 49.8 Å². The highest BCUT2D eigenvalue weighted by Crippen LogP contribution is 2.53. The predicted octanol–water partition coefficient (Wildman–Crippen LogP) is 5.22. The van der Waals surface area contributed by atoms with Crippen molar-refractivity contribution in [1.29, 1.82) is 0 Å². The number of piperidine rings is 1. The second-order valence-corrected chi connectivity index (χ2v) is 10.9. The van der Waals surface area contributed by atoms with Gasteiger partial charge >= 0.3 is 5.97 Å². The van der Waals surface area contributed by atoms with Crippen molar-refractivity contribution < 1.29 is 23.1 Å². The van der Waals surface area contributed by atoms with E-state index < -0.39 is 16.7 Å². The van der Waals surface area contributed by atoms with E-state index in [1.54, 1.807) is 28.5 Å². The number of ether oxygens (including phenoxy) is 1. The van der Waals surface area contributed by atoms with Crippen LogP contribution in [0.3, 0.4) is 0 Å². The number of carbonyl (C=O) groups excluding carboxylic acids is 2. The van der Waals surface area contributed by atoms with E-state index in [0.717, 1.165) is 18.6 Å². The van der Waals surface area contributed by atoms with Gasteiger partial charge in [-0.25, -0.2) is 13.8 Å².